The van der Waals surface area contributed by atoms with Crippen LogP contribution in [0.4, 0.5) is 4.39 Å². The first-order valence-electron chi connectivity index (χ1n) is 9.57. The van der Waals surface area contributed by atoms with Gasteiger partial charge in [0.1, 0.15) is 16.9 Å². The van der Waals surface area contributed by atoms with Crippen LogP contribution in [0.25, 0.3) is 28.0 Å². The smallest absolute Gasteiger partial charge is 0.273 e. The third-order valence-electron chi connectivity index (χ3n) is 5.41. The minimum atomic E-state index is -0.676. The number of benzene rings is 2. The molecular formula is C22H17FN6O. The molecule has 4 aromatic rings. The lowest BCUT2D eigenvalue weighted by molar-refractivity contribution is 0.604. The molecule has 2 aromatic carbocycles. The first-order chi connectivity index (χ1) is 14.5. The molecule has 30 heavy (non-hydrogen) atoms. The molecule has 1 aliphatic heterocycles. The van der Waals surface area contributed by atoms with Crippen LogP contribution in [0, 0.1) is 24.1 Å². The summed E-state index contributed by atoms with van der Waals surface area (Å²) in [6, 6.07) is 12.1. The van der Waals surface area contributed by atoms with E-state index >= 15 is 0 Å². The zero-order valence-corrected chi connectivity index (χ0v) is 16.2. The Morgan fingerprint density at radius 2 is 2.07 bits per heavy atom. The standard InChI is InChI=1S/C22H17FN6O/c1-12-6-13(10-24)7-17(23)22(12)29-19(30)9-18-21(28-29)20(27-26-18)15-3-2-14-4-5-25-11-16(14)8-15/h2-3,6-9,25-26H,4-5,11H2,1H3. The molecule has 8 heteroatoms. The monoisotopic (exact) mass is 400 g/mol. The molecule has 0 radical (unpaired) electrons. The number of nitrogens with zero attached hydrogens (tertiary/aromatic N) is 4. The van der Waals surface area contributed by atoms with Gasteiger partial charge in [0.25, 0.3) is 5.56 Å². The maximum absolute atomic E-state index is 14.7. The number of hydrogen-bond acceptors (Lipinski definition) is 5. The number of nitrogens with one attached hydrogen (secondary N) is 2. The zero-order valence-electron chi connectivity index (χ0n) is 16.2. The van der Waals surface area contributed by atoms with Crippen molar-refractivity contribution in [1.29, 1.82) is 5.26 Å². The molecule has 0 aliphatic carbocycles. The SMILES string of the molecule is Cc1cc(C#N)cc(F)c1-n1nc2c(-c3ccc4c(c3)CNCC4)n[nH]c2cc1=O. The predicted molar refractivity (Wildman–Crippen MR) is 110 cm³/mol. The number of aromatic amines is 1. The number of H-pyrrole nitrogens is 1. The Morgan fingerprint density at radius 3 is 2.87 bits per heavy atom. The maximum Gasteiger partial charge on any atom is 0.273 e. The van der Waals surface area contributed by atoms with E-state index in [2.05, 4.69) is 32.7 Å². The van der Waals surface area contributed by atoms with Crippen LogP contribution in [0.2, 0.25) is 0 Å². The van der Waals surface area contributed by atoms with Gasteiger partial charge in [-0.15, -0.1) is 0 Å². The fourth-order valence-electron chi connectivity index (χ4n) is 3.94. The van der Waals surface area contributed by atoms with Gasteiger partial charge in [-0.3, -0.25) is 9.89 Å². The molecule has 0 spiro atoms. The Labute approximate surface area is 170 Å². The van der Waals surface area contributed by atoms with Gasteiger partial charge in [-0.1, -0.05) is 12.1 Å². The number of aromatic nitrogens is 4. The summed E-state index contributed by atoms with van der Waals surface area (Å²) < 4.78 is 15.8. The minimum absolute atomic E-state index is 0.0303. The fourth-order valence-corrected chi connectivity index (χ4v) is 3.94. The Balaban J connectivity index is 1.70. The summed E-state index contributed by atoms with van der Waals surface area (Å²) in [5.74, 6) is -0.676. The summed E-state index contributed by atoms with van der Waals surface area (Å²) in [5.41, 5.74) is 5.11. The molecule has 5 rings (SSSR count). The van der Waals surface area contributed by atoms with Gasteiger partial charge in [0.2, 0.25) is 0 Å². The fraction of sp³-hybridized carbons (Fsp3) is 0.182. The van der Waals surface area contributed by atoms with Crippen LogP contribution in [-0.4, -0.2) is 26.5 Å². The largest absolute Gasteiger partial charge is 0.312 e. The van der Waals surface area contributed by atoms with Crippen molar-refractivity contribution < 1.29 is 4.39 Å². The zero-order chi connectivity index (χ0) is 20.8. The van der Waals surface area contributed by atoms with E-state index in [1.54, 1.807) is 6.92 Å². The molecule has 0 amide bonds. The highest BCUT2D eigenvalue weighted by molar-refractivity contribution is 5.89. The number of rotatable bonds is 2. The Bertz CT molecular complexity index is 1390. The van der Waals surface area contributed by atoms with Gasteiger partial charge in [0.05, 0.1) is 17.1 Å². The van der Waals surface area contributed by atoms with Gasteiger partial charge >= 0.3 is 0 Å². The van der Waals surface area contributed by atoms with Gasteiger partial charge in [-0.25, -0.2) is 4.39 Å². The molecule has 0 saturated heterocycles. The van der Waals surface area contributed by atoms with Gasteiger partial charge in [0.15, 0.2) is 5.82 Å². The third kappa shape index (κ3) is 2.88. The summed E-state index contributed by atoms with van der Waals surface area (Å²) in [4.78, 5) is 12.6. The van der Waals surface area contributed by atoms with Crippen LogP contribution in [0.3, 0.4) is 0 Å². The van der Waals surface area contributed by atoms with Crippen molar-refractivity contribution in [2.45, 2.75) is 19.9 Å². The first kappa shape index (κ1) is 18.2. The number of aryl methyl sites for hydroxylation is 1. The second-order valence-electron chi connectivity index (χ2n) is 7.37. The van der Waals surface area contributed by atoms with Crippen molar-refractivity contribution in [2.75, 3.05) is 6.54 Å². The molecule has 7 nitrogen and oxygen atoms in total. The second kappa shape index (κ2) is 6.90. The lowest BCUT2D eigenvalue weighted by atomic mass is 9.97. The Kier molecular flexibility index (Phi) is 4.19. The Morgan fingerprint density at radius 1 is 1.20 bits per heavy atom. The third-order valence-corrected chi connectivity index (χ3v) is 5.41. The van der Waals surface area contributed by atoms with E-state index in [0.717, 1.165) is 35.8 Å². The van der Waals surface area contributed by atoms with E-state index < -0.39 is 11.4 Å². The van der Waals surface area contributed by atoms with Crippen LogP contribution >= 0.6 is 0 Å². The first-order valence-corrected chi connectivity index (χ1v) is 9.57. The summed E-state index contributed by atoms with van der Waals surface area (Å²) in [6.45, 7) is 3.39. The van der Waals surface area contributed by atoms with E-state index in [4.69, 9.17) is 5.26 Å². The highest BCUT2D eigenvalue weighted by Crippen LogP contribution is 2.28. The molecule has 0 unspecified atom stereocenters. The van der Waals surface area contributed by atoms with Crippen LogP contribution in [0.1, 0.15) is 22.3 Å². The number of nitriles is 1. The van der Waals surface area contributed by atoms with Gasteiger partial charge in [-0.2, -0.15) is 20.1 Å². The van der Waals surface area contributed by atoms with Crippen molar-refractivity contribution >= 4 is 11.0 Å². The maximum atomic E-state index is 14.7. The summed E-state index contributed by atoms with van der Waals surface area (Å²) in [7, 11) is 0. The quantitative estimate of drug-likeness (QED) is 0.539. The lowest BCUT2D eigenvalue weighted by Gasteiger charge is -2.17. The van der Waals surface area contributed by atoms with Gasteiger partial charge in [-0.05, 0) is 54.8 Å². The second-order valence-corrected chi connectivity index (χ2v) is 7.37. The molecule has 148 valence electrons. The molecule has 0 fully saturated rings. The van der Waals surface area contributed by atoms with Crippen molar-refractivity contribution in [3.63, 3.8) is 0 Å². The lowest BCUT2D eigenvalue weighted by Crippen LogP contribution is -2.23. The molecule has 0 saturated carbocycles. The van der Waals surface area contributed by atoms with Gasteiger partial charge < -0.3 is 5.32 Å². The Hall–Kier alpha value is -3.83. The molecule has 3 heterocycles. The predicted octanol–water partition coefficient (Wildman–Crippen LogP) is 2.74. The normalized spacial score (nSPS) is 13.2. The molecule has 0 atom stereocenters. The molecule has 2 N–H and O–H groups in total. The number of halogens is 1. The molecular weight excluding hydrogens is 383 g/mol. The molecule has 0 bridgehead atoms. The van der Waals surface area contributed by atoms with E-state index in [-0.39, 0.29) is 11.3 Å². The number of fused-ring (bicyclic) bond motifs is 2. The highest BCUT2D eigenvalue weighted by Gasteiger charge is 2.18. The minimum Gasteiger partial charge on any atom is -0.312 e. The molecule has 2 aromatic heterocycles. The molecule has 1 aliphatic rings. The van der Waals surface area contributed by atoms with Crippen LogP contribution < -0.4 is 10.9 Å². The van der Waals surface area contributed by atoms with E-state index in [0.29, 0.717) is 22.3 Å². The van der Waals surface area contributed by atoms with Crippen molar-refractivity contribution in [3.8, 4) is 23.0 Å². The van der Waals surface area contributed by atoms with Crippen LogP contribution in [0.15, 0.2) is 41.2 Å². The van der Waals surface area contributed by atoms with Gasteiger partial charge in [0, 0.05) is 18.2 Å². The van der Waals surface area contributed by atoms with E-state index in [9.17, 15) is 9.18 Å². The van der Waals surface area contributed by atoms with E-state index in [1.807, 2.05) is 12.1 Å². The average molecular weight is 400 g/mol. The van der Waals surface area contributed by atoms with Crippen LogP contribution in [-0.2, 0) is 13.0 Å². The highest BCUT2D eigenvalue weighted by atomic mass is 19.1. The van der Waals surface area contributed by atoms with Crippen molar-refractivity contribution in [2.24, 2.45) is 0 Å². The summed E-state index contributed by atoms with van der Waals surface area (Å²) in [5, 5.41) is 24.1. The van der Waals surface area contributed by atoms with Crippen molar-refractivity contribution in [1.82, 2.24) is 25.3 Å². The summed E-state index contributed by atoms with van der Waals surface area (Å²) in [6.07, 6.45) is 0.978. The topological polar surface area (TPSA) is 99.4 Å². The van der Waals surface area contributed by atoms with Crippen molar-refractivity contribution in [3.05, 3.63) is 74.8 Å². The van der Waals surface area contributed by atoms with E-state index in [1.165, 1.54) is 23.3 Å². The average Bonchev–Trinajstić information content (AvgIpc) is 3.15. The van der Waals surface area contributed by atoms with Crippen LogP contribution in [0.5, 0.6) is 0 Å². The number of hydrogen-bond donors (Lipinski definition) is 2. The summed E-state index contributed by atoms with van der Waals surface area (Å²) >= 11 is 0.